The Labute approximate surface area is 265 Å². The van der Waals surface area contributed by atoms with E-state index < -0.39 is 41.5 Å². The number of nitrogens with one attached hydrogen (secondary N) is 1. The average Bonchev–Trinajstić information content (AvgIpc) is 3.21. The number of ether oxygens (including phenoxy) is 7. The summed E-state index contributed by atoms with van der Waals surface area (Å²) < 4.78 is 38.8. The number of aliphatic hydroxyl groups is 1. The van der Waals surface area contributed by atoms with Gasteiger partial charge in [0.1, 0.15) is 11.2 Å². The molecule has 0 saturated heterocycles. The lowest BCUT2D eigenvalue weighted by Gasteiger charge is -2.32. The predicted molar refractivity (Wildman–Crippen MR) is 164 cm³/mol. The summed E-state index contributed by atoms with van der Waals surface area (Å²) in [6.45, 7) is 8.20. The largest absolute Gasteiger partial charge is 0.469 e. The molecule has 0 unspecified atom stereocenters. The van der Waals surface area contributed by atoms with Crippen molar-refractivity contribution in [1.82, 2.24) is 5.32 Å². The van der Waals surface area contributed by atoms with E-state index in [2.05, 4.69) is 11.2 Å². The summed E-state index contributed by atoms with van der Waals surface area (Å²) in [5.41, 5.74) is -1.95. The summed E-state index contributed by atoms with van der Waals surface area (Å²) in [6, 6.07) is 2.12. The van der Waals surface area contributed by atoms with Crippen LogP contribution in [0.4, 0.5) is 4.79 Å². The van der Waals surface area contributed by atoms with Crippen molar-refractivity contribution in [3.05, 3.63) is 32.4 Å². The molecular formula is C29H39ClINO10. The smallest absolute Gasteiger partial charge is 0.408 e. The van der Waals surface area contributed by atoms with Crippen LogP contribution in [0.15, 0.2) is 21.8 Å². The van der Waals surface area contributed by atoms with E-state index in [0.29, 0.717) is 29.0 Å². The molecule has 0 aromatic heterocycles. The number of esters is 1. The molecule has 0 spiro atoms. The van der Waals surface area contributed by atoms with E-state index in [1.807, 2.05) is 29.5 Å². The van der Waals surface area contributed by atoms with E-state index >= 15 is 0 Å². The highest BCUT2D eigenvalue weighted by atomic mass is 127. The number of alkyl carbamates (subject to hydrolysis) is 1. The zero-order chi connectivity index (χ0) is 31.5. The molecule has 1 aliphatic rings. The van der Waals surface area contributed by atoms with Crippen molar-refractivity contribution in [3.8, 4) is 23.8 Å². The van der Waals surface area contributed by atoms with E-state index in [-0.39, 0.29) is 36.2 Å². The molecule has 0 aliphatic heterocycles. The predicted octanol–water partition coefficient (Wildman–Crippen LogP) is 4.71. The summed E-state index contributed by atoms with van der Waals surface area (Å²) in [4.78, 5) is 24.8. The summed E-state index contributed by atoms with van der Waals surface area (Å²) in [6.07, 6.45) is 5.22. The van der Waals surface area contributed by atoms with Crippen LogP contribution in [0.25, 0.3) is 0 Å². The monoisotopic (exact) mass is 723 g/mol. The minimum atomic E-state index is -1.57. The topological polar surface area (TPSA) is 131 Å². The van der Waals surface area contributed by atoms with Gasteiger partial charge >= 0.3 is 12.1 Å². The first kappa shape index (κ1) is 35.9. The first-order valence-electron chi connectivity index (χ1n) is 13.2. The first-order valence-corrected chi connectivity index (χ1v) is 14.7. The number of carbonyl (C=O) groups is 2. The Morgan fingerprint density at radius 2 is 2.00 bits per heavy atom. The zero-order valence-corrected chi connectivity index (χ0v) is 27.6. The van der Waals surface area contributed by atoms with Gasteiger partial charge in [0.2, 0.25) is 0 Å². The van der Waals surface area contributed by atoms with Crippen molar-refractivity contribution in [3.63, 3.8) is 0 Å². The third kappa shape index (κ3) is 10.5. The summed E-state index contributed by atoms with van der Waals surface area (Å²) in [5, 5.41) is 14.3. The molecule has 1 aromatic carbocycles. The normalized spacial score (nSPS) is 19.7. The van der Waals surface area contributed by atoms with Crippen LogP contribution in [0.2, 0.25) is 5.02 Å². The van der Waals surface area contributed by atoms with Crippen molar-refractivity contribution in [2.75, 3.05) is 40.8 Å². The van der Waals surface area contributed by atoms with Gasteiger partial charge in [-0.2, -0.15) is 0 Å². The van der Waals surface area contributed by atoms with Gasteiger partial charge in [-0.25, -0.2) is 4.79 Å². The molecule has 42 heavy (non-hydrogen) atoms. The molecule has 2 rings (SSSR count). The minimum absolute atomic E-state index is 0.0350. The molecule has 234 valence electrons. The third-order valence-corrected chi connectivity index (χ3v) is 7.47. The van der Waals surface area contributed by atoms with E-state index in [0.717, 1.165) is 0 Å². The fourth-order valence-corrected chi connectivity index (χ4v) is 5.15. The van der Waals surface area contributed by atoms with Crippen LogP contribution in [0.1, 0.15) is 52.1 Å². The molecule has 4 atom stereocenters. The Balaban J connectivity index is 2.40. The molecule has 13 heteroatoms. The summed E-state index contributed by atoms with van der Waals surface area (Å²) in [7, 11) is 2.67. The fourth-order valence-electron chi connectivity index (χ4n) is 3.99. The van der Waals surface area contributed by atoms with Gasteiger partial charge in [-0.3, -0.25) is 4.79 Å². The Bertz CT molecular complexity index is 1150. The molecule has 0 saturated carbocycles. The van der Waals surface area contributed by atoms with Gasteiger partial charge in [0.25, 0.3) is 0 Å². The maximum atomic E-state index is 12.6. The molecule has 0 radical (unpaired) electrons. The maximum absolute atomic E-state index is 12.6. The van der Waals surface area contributed by atoms with Crippen LogP contribution in [0.5, 0.6) is 11.5 Å². The standard InChI is InChI=1S/C29H39ClINO10/c1-8-24(29(35)16-19(14-23(29)31)39-11-10-38-9-2)41-26-20(30)12-18(13-22(26)40-17-36-6)21(15-25(33)37-7)32-27(34)42-28(3,4)5/h1,12-14,19,21,24,35H,9-11,15-17H2,2-7H3,(H,32,34)/t19-,21+,24-,29-/m1/s1. The number of hydrogen-bond acceptors (Lipinski definition) is 10. The SMILES string of the molecule is C#C[C@@H](Oc1c(Cl)cc([C@H](CC(=O)OC)NC(=O)OC(C)(C)C)cc1OCOC)[C@@]1(O)C[C@H](OCCOCC)C=C1I. The van der Waals surface area contributed by atoms with Crippen molar-refractivity contribution in [2.45, 2.75) is 70.0 Å². The van der Waals surface area contributed by atoms with Crippen molar-refractivity contribution >= 4 is 46.3 Å². The third-order valence-electron chi connectivity index (χ3n) is 5.90. The number of halogens is 2. The second kappa shape index (κ2) is 16.5. The molecule has 1 aliphatic carbocycles. The van der Waals surface area contributed by atoms with Gasteiger partial charge in [-0.05, 0) is 74.1 Å². The Morgan fingerprint density at radius 3 is 2.60 bits per heavy atom. The molecular weight excluding hydrogens is 685 g/mol. The van der Waals surface area contributed by atoms with Crippen LogP contribution in [-0.4, -0.2) is 81.4 Å². The second-order valence-corrected chi connectivity index (χ2v) is 11.8. The quantitative estimate of drug-likeness (QED) is 0.0863. The van der Waals surface area contributed by atoms with E-state index in [1.165, 1.54) is 26.4 Å². The Hall–Kier alpha value is -2.28. The number of carbonyl (C=O) groups excluding carboxylic acids is 2. The van der Waals surface area contributed by atoms with Crippen LogP contribution < -0.4 is 14.8 Å². The highest BCUT2D eigenvalue weighted by Crippen LogP contribution is 2.44. The zero-order valence-electron chi connectivity index (χ0n) is 24.7. The fraction of sp³-hybridized carbons (Fsp3) is 0.586. The van der Waals surface area contributed by atoms with Crippen molar-refractivity contribution in [1.29, 1.82) is 0 Å². The molecule has 0 heterocycles. The van der Waals surface area contributed by atoms with Crippen LogP contribution >= 0.6 is 34.2 Å². The Kier molecular flexibility index (Phi) is 14.1. The van der Waals surface area contributed by atoms with Gasteiger partial charge in [0.05, 0.1) is 43.9 Å². The lowest BCUT2D eigenvalue weighted by Crippen LogP contribution is -2.45. The summed E-state index contributed by atoms with van der Waals surface area (Å²) in [5.74, 6) is 2.07. The van der Waals surface area contributed by atoms with Gasteiger partial charge < -0.3 is 43.6 Å². The maximum Gasteiger partial charge on any atom is 0.408 e. The molecule has 0 bridgehead atoms. The van der Waals surface area contributed by atoms with E-state index in [4.69, 9.17) is 51.2 Å². The van der Waals surface area contributed by atoms with Gasteiger partial charge in [-0.15, -0.1) is 6.42 Å². The number of benzene rings is 1. The second-order valence-electron chi connectivity index (χ2n) is 10.3. The van der Waals surface area contributed by atoms with E-state index in [9.17, 15) is 14.7 Å². The number of methoxy groups -OCH3 is 2. The highest BCUT2D eigenvalue weighted by molar-refractivity contribution is 14.1. The van der Waals surface area contributed by atoms with Crippen LogP contribution in [0.3, 0.4) is 0 Å². The first-order chi connectivity index (χ1) is 19.8. The Morgan fingerprint density at radius 1 is 1.29 bits per heavy atom. The minimum Gasteiger partial charge on any atom is -0.469 e. The molecule has 1 amide bonds. The number of terminal acetylenes is 1. The van der Waals surface area contributed by atoms with Crippen molar-refractivity contribution in [2.24, 2.45) is 0 Å². The molecule has 1 aromatic rings. The molecule has 0 fully saturated rings. The van der Waals surface area contributed by atoms with Crippen LogP contribution in [0, 0.1) is 12.3 Å². The highest BCUT2D eigenvalue weighted by Gasteiger charge is 2.47. The van der Waals surface area contributed by atoms with Gasteiger partial charge in [0.15, 0.2) is 24.4 Å². The number of rotatable bonds is 15. The van der Waals surface area contributed by atoms with E-state index in [1.54, 1.807) is 26.8 Å². The van der Waals surface area contributed by atoms with Gasteiger partial charge in [-0.1, -0.05) is 17.5 Å². The summed E-state index contributed by atoms with van der Waals surface area (Å²) >= 11 is 8.68. The van der Waals surface area contributed by atoms with Crippen molar-refractivity contribution < 1.29 is 47.9 Å². The number of hydrogen-bond donors (Lipinski definition) is 2. The lowest BCUT2D eigenvalue weighted by molar-refractivity contribution is -0.141. The van der Waals surface area contributed by atoms with Gasteiger partial charge in [0, 0.05) is 23.7 Å². The average molecular weight is 724 g/mol. The van der Waals surface area contributed by atoms with Crippen LogP contribution in [-0.2, 0) is 28.5 Å². The number of amides is 1. The lowest BCUT2D eigenvalue weighted by atomic mass is 9.95. The molecule has 11 nitrogen and oxygen atoms in total. The molecule has 2 N–H and O–H groups in total.